The van der Waals surface area contributed by atoms with Crippen molar-refractivity contribution in [1.29, 1.82) is 0 Å². The van der Waals surface area contributed by atoms with E-state index in [1.54, 1.807) is 0 Å². The maximum Gasteiger partial charge on any atom is 0.0448 e. The van der Waals surface area contributed by atoms with E-state index >= 15 is 0 Å². The molecule has 0 aliphatic rings. The van der Waals surface area contributed by atoms with Crippen molar-refractivity contribution in [3.05, 3.63) is 57.3 Å². The van der Waals surface area contributed by atoms with Crippen molar-refractivity contribution in [2.75, 3.05) is 11.9 Å². The van der Waals surface area contributed by atoms with Gasteiger partial charge in [0.05, 0.1) is 0 Å². The first-order valence-corrected chi connectivity index (χ1v) is 7.43. The number of nitrogens with zero attached hydrogens (tertiary/aromatic N) is 2. The maximum atomic E-state index is 5.88. The molecule has 0 radical (unpaired) electrons. The van der Waals surface area contributed by atoms with Gasteiger partial charge in [-0.05, 0) is 37.6 Å². The fraction of sp³-hybridized carbons (Fsp3) is 0.312. The van der Waals surface area contributed by atoms with E-state index < -0.39 is 0 Å². The van der Waals surface area contributed by atoms with Gasteiger partial charge in [-0.15, -0.1) is 0 Å². The van der Waals surface area contributed by atoms with Gasteiger partial charge in [0.15, 0.2) is 0 Å². The average Bonchev–Trinajstić information content (AvgIpc) is 2.40. The van der Waals surface area contributed by atoms with Crippen molar-refractivity contribution in [3.63, 3.8) is 0 Å². The zero-order valence-electron chi connectivity index (χ0n) is 12.2. The number of aromatic nitrogens is 1. The molecule has 1 heterocycles. The summed E-state index contributed by atoms with van der Waals surface area (Å²) in [4.78, 5) is 6.72. The molecule has 0 bridgehead atoms. The van der Waals surface area contributed by atoms with Crippen LogP contribution in [0.25, 0.3) is 0 Å². The molecule has 4 heteroatoms. The summed E-state index contributed by atoms with van der Waals surface area (Å²) < 4.78 is 1.10. The van der Waals surface area contributed by atoms with E-state index in [4.69, 9.17) is 5.73 Å². The molecular formula is C16H20BrN3. The van der Waals surface area contributed by atoms with Crippen LogP contribution >= 0.6 is 15.9 Å². The summed E-state index contributed by atoms with van der Waals surface area (Å²) in [6.45, 7) is 5.40. The molecule has 0 saturated heterocycles. The quantitative estimate of drug-likeness (QED) is 0.930. The topological polar surface area (TPSA) is 42.1 Å². The highest BCUT2D eigenvalue weighted by Gasteiger charge is 2.11. The molecule has 106 valence electrons. The number of hydrogen-bond donors (Lipinski definition) is 1. The van der Waals surface area contributed by atoms with E-state index in [0.717, 1.165) is 28.0 Å². The van der Waals surface area contributed by atoms with Crippen LogP contribution in [-0.2, 0) is 13.1 Å². The highest BCUT2D eigenvalue weighted by atomic mass is 79.9. The number of aryl methyl sites for hydroxylation is 2. The number of nitrogens with two attached hydrogens (primary N) is 1. The summed E-state index contributed by atoms with van der Waals surface area (Å²) in [6.07, 6.45) is 0. The van der Waals surface area contributed by atoms with Crippen LogP contribution in [0.15, 0.2) is 34.8 Å². The van der Waals surface area contributed by atoms with E-state index in [0.29, 0.717) is 6.54 Å². The van der Waals surface area contributed by atoms with Gasteiger partial charge >= 0.3 is 0 Å². The van der Waals surface area contributed by atoms with Gasteiger partial charge in [-0.25, -0.2) is 0 Å². The predicted molar refractivity (Wildman–Crippen MR) is 87.9 cm³/mol. The SMILES string of the molecule is Cc1cc(N(C)Cc2ccc(Br)cc2)c(CN)c(C)n1. The molecule has 0 saturated carbocycles. The Morgan fingerprint density at radius 1 is 1.20 bits per heavy atom. The molecule has 0 aliphatic carbocycles. The number of pyridine rings is 1. The number of anilines is 1. The molecule has 0 aliphatic heterocycles. The number of benzene rings is 1. The van der Waals surface area contributed by atoms with Gasteiger partial charge in [0.1, 0.15) is 0 Å². The van der Waals surface area contributed by atoms with Crippen LogP contribution in [-0.4, -0.2) is 12.0 Å². The van der Waals surface area contributed by atoms with Gasteiger partial charge in [0.2, 0.25) is 0 Å². The summed E-state index contributed by atoms with van der Waals surface area (Å²) in [6, 6.07) is 10.5. The standard InChI is InChI=1S/C16H20BrN3/c1-11-8-16(15(9-18)12(2)19-11)20(3)10-13-4-6-14(17)7-5-13/h4-8H,9-10,18H2,1-3H3. The lowest BCUT2D eigenvalue weighted by Crippen LogP contribution is -2.20. The minimum atomic E-state index is 0.513. The second-order valence-corrected chi connectivity index (χ2v) is 5.95. The fourth-order valence-electron chi connectivity index (χ4n) is 2.38. The van der Waals surface area contributed by atoms with Gasteiger partial charge in [-0.3, -0.25) is 4.98 Å². The van der Waals surface area contributed by atoms with Gasteiger partial charge in [0.25, 0.3) is 0 Å². The lowest BCUT2D eigenvalue weighted by Gasteiger charge is -2.23. The van der Waals surface area contributed by atoms with E-state index in [9.17, 15) is 0 Å². The molecular weight excluding hydrogens is 314 g/mol. The lowest BCUT2D eigenvalue weighted by atomic mass is 10.1. The third kappa shape index (κ3) is 3.38. The molecule has 20 heavy (non-hydrogen) atoms. The highest BCUT2D eigenvalue weighted by molar-refractivity contribution is 9.10. The molecule has 2 aromatic rings. The molecule has 0 spiro atoms. The Kier molecular flexibility index (Phi) is 4.78. The summed E-state index contributed by atoms with van der Waals surface area (Å²) in [5.41, 5.74) is 11.5. The largest absolute Gasteiger partial charge is 0.370 e. The van der Waals surface area contributed by atoms with Crippen molar-refractivity contribution in [1.82, 2.24) is 4.98 Å². The molecule has 1 aromatic heterocycles. The van der Waals surface area contributed by atoms with Crippen LogP contribution < -0.4 is 10.6 Å². The normalized spacial score (nSPS) is 10.7. The lowest BCUT2D eigenvalue weighted by molar-refractivity contribution is 0.885. The molecule has 0 atom stereocenters. The Morgan fingerprint density at radius 2 is 1.85 bits per heavy atom. The monoisotopic (exact) mass is 333 g/mol. The maximum absolute atomic E-state index is 5.88. The molecule has 0 unspecified atom stereocenters. The summed E-state index contributed by atoms with van der Waals surface area (Å²) in [5.74, 6) is 0. The Morgan fingerprint density at radius 3 is 2.45 bits per heavy atom. The van der Waals surface area contributed by atoms with Gasteiger partial charge in [0, 0.05) is 47.2 Å². The average molecular weight is 334 g/mol. The third-order valence-electron chi connectivity index (χ3n) is 3.38. The molecule has 2 rings (SSSR count). The Balaban J connectivity index is 2.28. The first-order chi connectivity index (χ1) is 9.51. The van der Waals surface area contributed by atoms with E-state index in [-0.39, 0.29) is 0 Å². The number of halogens is 1. The van der Waals surface area contributed by atoms with Crippen LogP contribution in [0.3, 0.4) is 0 Å². The predicted octanol–water partition coefficient (Wildman–Crippen LogP) is 3.56. The Hall–Kier alpha value is -1.39. The summed E-state index contributed by atoms with van der Waals surface area (Å²) in [5, 5.41) is 0. The molecule has 3 nitrogen and oxygen atoms in total. The van der Waals surface area contributed by atoms with Crippen molar-refractivity contribution < 1.29 is 0 Å². The van der Waals surface area contributed by atoms with Crippen molar-refractivity contribution in [3.8, 4) is 0 Å². The van der Waals surface area contributed by atoms with E-state index in [2.05, 4.69) is 63.2 Å². The smallest absolute Gasteiger partial charge is 0.0448 e. The minimum Gasteiger partial charge on any atom is -0.370 e. The molecule has 0 fully saturated rings. The Bertz CT molecular complexity index is 593. The van der Waals surface area contributed by atoms with E-state index in [1.165, 1.54) is 11.3 Å². The van der Waals surface area contributed by atoms with E-state index in [1.807, 2.05) is 13.8 Å². The van der Waals surface area contributed by atoms with Crippen molar-refractivity contribution >= 4 is 21.6 Å². The van der Waals surface area contributed by atoms with Gasteiger partial charge in [-0.2, -0.15) is 0 Å². The van der Waals surface area contributed by atoms with Crippen LogP contribution in [0.4, 0.5) is 5.69 Å². The molecule has 0 amide bonds. The number of rotatable bonds is 4. The van der Waals surface area contributed by atoms with Crippen molar-refractivity contribution in [2.45, 2.75) is 26.9 Å². The van der Waals surface area contributed by atoms with Crippen LogP contribution in [0.2, 0.25) is 0 Å². The first-order valence-electron chi connectivity index (χ1n) is 6.64. The minimum absolute atomic E-state index is 0.513. The van der Waals surface area contributed by atoms with Crippen LogP contribution in [0.5, 0.6) is 0 Å². The summed E-state index contributed by atoms with van der Waals surface area (Å²) in [7, 11) is 2.09. The fourth-order valence-corrected chi connectivity index (χ4v) is 2.64. The molecule has 2 N–H and O–H groups in total. The Labute approximate surface area is 129 Å². The number of hydrogen-bond acceptors (Lipinski definition) is 3. The first kappa shape index (κ1) is 15.0. The van der Waals surface area contributed by atoms with Crippen LogP contribution in [0, 0.1) is 13.8 Å². The van der Waals surface area contributed by atoms with Gasteiger partial charge in [-0.1, -0.05) is 28.1 Å². The zero-order valence-corrected chi connectivity index (χ0v) is 13.7. The molecule has 1 aromatic carbocycles. The second kappa shape index (κ2) is 6.37. The zero-order chi connectivity index (χ0) is 14.7. The second-order valence-electron chi connectivity index (χ2n) is 5.03. The van der Waals surface area contributed by atoms with Crippen molar-refractivity contribution in [2.24, 2.45) is 5.73 Å². The van der Waals surface area contributed by atoms with Gasteiger partial charge < -0.3 is 10.6 Å². The summed E-state index contributed by atoms with van der Waals surface area (Å²) >= 11 is 3.46. The van der Waals surface area contributed by atoms with Crippen LogP contribution in [0.1, 0.15) is 22.5 Å². The third-order valence-corrected chi connectivity index (χ3v) is 3.91. The highest BCUT2D eigenvalue weighted by Crippen LogP contribution is 2.24.